The van der Waals surface area contributed by atoms with Gasteiger partial charge in [0.2, 0.25) is 0 Å². The fourth-order valence-electron chi connectivity index (χ4n) is 5.29. The molecular formula is C34H40O2S2. The van der Waals surface area contributed by atoms with Gasteiger partial charge in [-0.2, -0.15) is 0 Å². The van der Waals surface area contributed by atoms with E-state index in [0.29, 0.717) is 16.7 Å². The molecule has 2 aliphatic carbocycles. The number of carbonyl (C=O) groups is 1. The first-order valence-corrected chi connectivity index (χ1v) is 15.3. The van der Waals surface area contributed by atoms with Crippen molar-refractivity contribution in [2.24, 2.45) is 5.92 Å². The molecule has 0 saturated carbocycles. The van der Waals surface area contributed by atoms with E-state index in [2.05, 4.69) is 89.8 Å². The topological polar surface area (TPSA) is 37.3 Å². The minimum Gasteiger partial charge on any atom is -0.478 e. The number of carboxylic acids is 1. The van der Waals surface area contributed by atoms with Crippen LogP contribution >= 0.6 is 23.5 Å². The van der Waals surface area contributed by atoms with Gasteiger partial charge in [0.1, 0.15) is 0 Å². The molecule has 0 aromatic heterocycles. The van der Waals surface area contributed by atoms with Crippen molar-refractivity contribution in [2.75, 3.05) is 0 Å². The Morgan fingerprint density at radius 3 is 2.29 bits per heavy atom. The minimum atomic E-state index is -0.900. The Hall–Kier alpha value is -2.43. The molecule has 200 valence electrons. The van der Waals surface area contributed by atoms with Crippen molar-refractivity contribution in [3.63, 3.8) is 0 Å². The summed E-state index contributed by atoms with van der Waals surface area (Å²) in [5.41, 5.74) is 7.06. The summed E-state index contributed by atoms with van der Waals surface area (Å²) in [6, 6.07) is 11.9. The highest BCUT2D eigenvalue weighted by atomic mass is 32.2. The summed E-state index contributed by atoms with van der Waals surface area (Å²) >= 11 is 3.72. The van der Waals surface area contributed by atoms with Crippen molar-refractivity contribution in [3.05, 3.63) is 105 Å². The van der Waals surface area contributed by atoms with Gasteiger partial charge < -0.3 is 5.11 Å². The highest BCUT2D eigenvalue weighted by Crippen LogP contribution is 2.47. The Morgan fingerprint density at radius 2 is 1.63 bits per heavy atom. The van der Waals surface area contributed by atoms with Crippen molar-refractivity contribution in [1.29, 1.82) is 0 Å². The minimum absolute atomic E-state index is 0.137. The molecule has 2 aromatic carbocycles. The summed E-state index contributed by atoms with van der Waals surface area (Å²) in [5.74, 6) is 0.549. The van der Waals surface area contributed by atoms with E-state index in [9.17, 15) is 9.90 Å². The molecule has 0 fully saturated rings. The Balaban J connectivity index is 1.61. The maximum atomic E-state index is 11.2. The van der Waals surface area contributed by atoms with Gasteiger partial charge in [-0.25, -0.2) is 4.79 Å². The molecule has 0 amide bonds. The number of hydrogen-bond donors (Lipinski definition) is 1. The van der Waals surface area contributed by atoms with Gasteiger partial charge in [0.25, 0.3) is 0 Å². The molecule has 4 rings (SSSR count). The molecule has 38 heavy (non-hydrogen) atoms. The quantitative estimate of drug-likeness (QED) is 0.336. The van der Waals surface area contributed by atoms with Crippen LogP contribution in [0, 0.1) is 5.92 Å². The van der Waals surface area contributed by atoms with Gasteiger partial charge in [-0.1, -0.05) is 102 Å². The number of thioether (sulfide) groups is 2. The lowest BCUT2D eigenvalue weighted by atomic mass is 9.62. The first kappa shape index (κ1) is 28.6. The van der Waals surface area contributed by atoms with E-state index in [-0.39, 0.29) is 10.8 Å². The van der Waals surface area contributed by atoms with Crippen LogP contribution in [0.15, 0.2) is 71.5 Å². The van der Waals surface area contributed by atoms with Gasteiger partial charge in [0, 0.05) is 15.2 Å². The van der Waals surface area contributed by atoms with Gasteiger partial charge in [0.15, 0.2) is 0 Å². The molecule has 0 saturated heterocycles. The third-order valence-corrected chi connectivity index (χ3v) is 10.2. The van der Waals surface area contributed by atoms with Crippen LogP contribution < -0.4 is 0 Å². The number of fused-ring (bicyclic) bond motifs is 1. The van der Waals surface area contributed by atoms with Crippen molar-refractivity contribution in [2.45, 2.75) is 75.7 Å². The predicted octanol–water partition coefficient (Wildman–Crippen LogP) is 9.86. The van der Waals surface area contributed by atoms with E-state index in [1.54, 1.807) is 12.1 Å². The zero-order valence-electron chi connectivity index (χ0n) is 23.3. The van der Waals surface area contributed by atoms with Crippen LogP contribution in [-0.4, -0.2) is 16.3 Å². The molecule has 1 N–H and O–H groups in total. The standard InChI is InChI=1S/C34H40O2S2/c1-23-9-7-8-10-29(19-23)38-24(2)37-22-28-21-31-30(33(3,4)17-18-34(31,5)6)20-27(28)16-13-25-11-14-26(15-12-25)32(35)36/h7-16,20-21,23,29H,2,17-19,22H2,1,3-6H3,(H,35,36)/b16-13+. The number of allylic oxidation sites excluding steroid dienone is 3. The van der Waals surface area contributed by atoms with E-state index in [4.69, 9.17) is 0 Å². The first-order chi connectivity index (χ1) is 17.9. The molecule has 0 aliphatic heterocycles. The molecule has 0 spiro atoms. The van der Waals surface area contributed by atoms with E-state index < -0.39 is 5.97 Å². The lowest BCUT2D eigenvalue weighted by Gasteiger charge is -2.42. The number of aromatic carboxylic acids is 1. The lowest BCUT2D eigenvalue weighted by molar-refractivity contribution is 0.0697. The number of benzene rings is 2. The smallest absolute Gasteiger partial charge is 0.335 e. The first-order valence-electron chi connectivity index (χ1n) is 13.5. The van der Waals surface area contributed by atoms with Crippen molar-refractivity contribution in [3.8, 4) is 0 Å². The summed E-state index contributed by atoms with van der Waals surface area (Å²) in [6.07, 6.45) is 16.7. The summed E-state index contributed by atoms with van der Waals surface area (Å²) < 4.78 is 1.16. The van der Waals surface area contributed by atoms with Gasteiger partial charge in [0.05, 0.1) is 5.56 Å². The second-order valence-corrected chi connectivity index (χ2v) is 14.6. The van der Waals surface area contributed by atoms with E-state index >= 15 is 0 Å². The molecule has 2 unspecified atom stereocenters. The fourth-order valence-corrected chi connectivity index (χ4v) is 7.59. The average Bonchev–Trinajstić information content (AvgIpc) is 3.07. The van der Waals surface area contributed by atoms with E-state index in [1.165, 1.54) is 35.1 Å². The maximum absolute atomic E-state index is 11.2. The normalized spacial score (nSPS) is 21.7. The second-order valence-electron chi connectivity index (χ2n) is 11.9. The van der Waals surface area contributed by atoms with Gasteiger partial charge in [-0.05, 0) is 76.0 Å². The van der Waals surface area contributed by atoms with Crippen LogP contribution in [-0.2, 0) is 16.6 Å². The van der Waals surface area contributed by atoms with Crippen LogP contribution in [0.5, 0.6) is 0 Å². The van der Waals surface area contributed by atoms with Crippen LogP contribution in [0.2, 0.25) is 0 Å². The predicted molar refractivity (Wildman–Crippen MR) is 168 cm³/mol. The molecule has 0 bridgehead atoms. The van der Waals surface area contributed by atoms with Gasteiger partial charge >= 0.3 is 5.97 Å². The molecule has 0 heterocycles. The summed E-state index contributed by atoms with van der Waals surface area (Å²) in [4.78, 5) is 11.2. The van der Waals surface area contributed by atoms with Crippen molar-refractivity contribution in [1.82, 2.24) is 0 Å². The number of hydrogen-bond acceptors (Lipinski definition) is 3. The van der Waals surface area contributed by atoms with Crippen LogP contribution in [0.4, 0.5) is 0 Å². The summed E-state index contributed by atoms with van der Waals surface area (Å²) in [7, 11) is 0. The van der Waals surface area contributed by atoms with Crippen LogP contribution in [0.1, 0.15) is 92.1 Å². The monoisotopic (exact) mass is 544 g/mol. The molecule has 2 nitrogen and oxygen atoms in total. The highest BCUT2D eigenvalue weighted by molar-refractivity contribution is 8.22. The average molecular weight is 545 g/mol. The Morgan fingerprint density at radius 1 is 1.00 bits per heavy atom. The number of rotatable bonds is 8. The lowest BCUT2D eigenvalue weighted by Crippen LogP contribution is -2.34. The summed E-state index contributed by atoms with van der Waals surface area (Å²) in [5, 5.41) is 9.68. The van der Waals surface area contributed by atoms with Crippen LogP contribution in [0.3, 0.4) is 0 Å². The highest BCUT2D eigenvalue weighted by Gasteiger charge is 2.37. The Labute approximate surface area is 237 Å². The molecule has 2 aromatic rings. The van der Waals surface area contributed by atoms with E-state index in [0.717, 1.165) is 22.0 Å². The molecule has 0 radical (unpaired) electrons. The van der Waals surface area contributed by atoms with Crippen molar-refractivity contribution < 1.29 is 9.90 Å². The Kier molecular flexibility index (Phi) is 8.84. The summed E-state index contributed by atoms with van der Waals surface area (Å²) in [6.45, 7) is 16.2. The van der Waals surface area contributed by atoms with Gasteiger partial charge in [-0.15, -0.1) is 23.5 Å². The van der Waals surface area contributed by atoms with Crippen molar-refractivity contribution >= 4 is 41.6 Å². The third kappa shape index (κ3) is 6.95. The van der Waals surface area contributed by atoms with Crippen LogP contribution in [0.25, 0.3) is 12.2 Å². The Bertz CT molecular complexity index is 1280. The molecule has 2 aliphatic rings. The zero-order chi connectivity index (χ0) is 27.5. The largest absolute Gasteiger partial charge is 0.478 e. The molecular weight excluding hydrogens is 505 g/mol. The maximum Gasteiger partial charge on any atom is 0.335 e. The molecule has 4 heteroatoms. The SMILES string of the molecule is C=C(SCc1cc2c(cc1/C=C/c1ccc(C(=O)O)cc1)C(C)(C)CCC2(C)C)SC1C=CC=CC(C)C1. The van der Waals surface area contributed by atoms with Gasteiger partial charge in [-0.3, -0.25) is 0 Å². The fraction of sp³-hybridized carbons (Fsp3) is 0.382. The molecule has 2 atom stereocenters. The van der Waals surface area contributed by atoms with E-state index in [1.807, 2.05) is 35.7 Å². The second kappa shape index (κ2) is 11.8. The third-order valence-electron chi connectivity index (χ3n) is 7.88. The zero-order valence-corrected chi connectivity index (χ0v) is 24.9. The number of carboxylic acid groups (broad SMARTS) is 1.